The summed E-state index contributed by atoms with van der Waals surface area (Å²) >= 11 is 8.39. The molecule has 5 heteroatoms. The van der Waals surface area contributed by atoms with Gasteiger partial charge in [0.25, 0.3) is 0 Å². The van der Waals surface area contributed by atoms with E-state index in [4.69, 9.17) is 0 Å². The summed E-state index contributed by atoms with van der Waals surface area (Å²) in [5.41, 5.74) is 1.19. The molecule has 0 bridgehead atoms. The van der Waals surface area contributed by atoms with Gasteiger partial charge in [-0.25, -0.2) is 0 Å². The fraction of sp³-hybridized carbons (Fsp3) is 0.300. The lowest BCUT2D eigenvalue weighted by atomic mass is 10.1. The van der Waals surface area contributed by atoms with Crippen LogP contribution in [0.5, 0.6) is 0 Å². The van der Waals surface area contributed by atoms with Gasteiger partial charge in [-0.1, -0.05) is 12.1 Å². The number of aliphatic imine (C=N–C) groups is 1. The highest BCUT2D eigenvalue weighted by atomic mass is 32.1. The lowest BCUT2D eigenvalue weighted by Crippen LogP contribution is -2.19. The molecule has 80 valence electrons. The number of thiocarbonyl (C=S) groups is 1. The van der Waals surface area contributed by atoms with E-state index in [1.807, 2.05) is 0 Å². The van der Waals surface area contributed by atoms with Crippen LogP contribution < -0.4 is 0 Å². The zero-order valence-corrected chi connectivity index (χ0v) is 9.58. The molecule has 0 aliphatic heterocycles. The second kappa shape index (κ2) is 6.00. The predicted octanol–water partition coefficient (Wildman–Crippen LogP) is 1.74. The minimum Gasteiger partial charge on any atom is -0.389 e. The highest BCUT2D eigenvalue weighted by Gasteiger charge is 2.16. The molecule has 2 atom stereocenters. The molecule has 0 heterocycles. The fourth-order valence-corrected chi connectivity index (χ4v) is 1.46. The first-order chi connectivity index (χ1) is 7.19. The van der Waals surface area contributed by atoms with E-state index in [1.165, 1.54) is 0 Å². The van der Waals surface area contributed by atoms with Gasteiger partial charge in [-0.05, 0) is 29.9 Å². The van der Waals surface area contributed by atoms with E-state index in [-0.39, 0.29) is 5.75 Å². The Balaban J connectivity index is 2.94. The van der Waals surface area contributed by atoms with E-state index in [0.29, 0.717) is 11.3 Å². The molecule has 0 aromatic heterocycles. The molecule has 2 N–H and O–H groups in total. The topological polar surface area (TPSA) is 52.8 Å². The van der Waals surface area contributed by atoms with Crippen molar-refractivity contribution in [1.82, 2.24) is 0 Å². The number of hydrogen-bond acceptors (Lipinski definition) is 5. The molecule has 1 aromatic carbocycles. The molecule has 3 nitrogen and oxygen atoms in total. The van der Waals surface area contributed by atoms with Crippen LogP contribution in [0.15, 0.2) is 29.3 Å². The first-order valence-corrected chi connectivity index (χ1v) is 5.38. The maximum atomic E-state index is 9.69. The Kier molecular flexibility index (Phi) is 4.94. The highest BCUT2D eigenvalue weighted by molar-refractivity contribution is 7.80. The zero-order chi connectivity index (χ0) is 11.3. The van der Waals surface area contributed by atoms with Crippen LogP contribution in [0.3, 0.4) is 0 Å². The third-order valence-electron chi connectivity index (χ3n) is 1.94. The smallest absolute Gasteiger partial charge is 0.106 e. The minimum atomic E-state index is -0.956. The van der Waals surface area contributed by atoms with Crippen molar-refractivity contribution in [2.75, 3.05) is 5.75 Å². The van der Waals surface area contributed by atoms with Gasteiger partial charge in [-0.2, -0.15) is 17.6 Å². The predicted molar refractivity (Wildman–Crippen MR) is 65.9 cm³/mol. The summed E-state index contributed by atoms with van der Waals surface area (Å²) in [5.74, 6) is 0.196. The molecular weight excluding hydrogens is 230 g/mol. The van der Waals surface area contributed by atoms with Crippen LogP contribution >= 0.6 is 24.8 Å². The van der Waals surface area contributed by atoms with Gasteiger partial charge in [-0.3, -0.25) is 0 Å². The molecule has 0 aliphatic rings. The van der Waals surface area contributed by atoms with E-state index >= 15 is 0 Å². The second-order valence-corrected chi connectivity index (χ2v) is 3.54. The van der Waals surface area contributed by atoms with Gasteiger partial charge in [0.2, 0.25) is 0 Å². The molecule has 1 aromatic rings. The van der Waals surface area contributed by atoms with Crippen LogP contribution in [-0.4, -0.2) is 27.2 Å². The molecule has 0 saturated carbocycles. The summed E-state index contributed by atoms with van der Waals surface area (Å²) in [6, 6.07) is 6.83. The van der Waals surface area contributed by atoms with Crippen molar-refractivity contribution in [1.29, 1.82) is 0 Å². The van der Waals surface area contributed by atoms with Gasteiger partial charge < -0.3 is 10.2 Å². The van der Waals surface area contributed by atoms with Gasteiger partial charge in [-0.15, -0.1) is 0 Å². The van der Waals surface area contributed by atoms with Gasteiger partial charge in [0.05, 0.1) is 17.0 Å². The minimum absolute atomic E-state index is 0.196. The molecule has 1 rings (SSSR count). The summed E-state index contributed by atoms with van der Waals surface area (Å²) < 4.78 is 0. The van der Waals surface area contributed by atoms with E-state index in [0.717, 1.165) is 0 Å². The summed E-state index contributed by atoms with van der Waals surface area (Å²) in [5, 5.41) is 21.3. The van der Waals surface area contributed by atoms with E-state index < -0.39 is 12.2 Å². The third-order valence-corrected chi connectivity index (χ3v) is 2.40. The SMILES string of the molecule is OC(CS)C(O)c1cccc(N=C=S)c1. The van der Waals surface area contributed by atoms with Crippen molar-refractivity contribution in [3.63, 3.8) is 0 Å². The van der Waals surface area contributed by atoms with Crippen molar-refractivity contribution >= 4 is 35.7 Å². The number of isothiocyanates is 1. The lowest BCUT2D eigenvalue weighted by Gasteiger charge is -2.16. The van der Waals surface area contributed by atoms with Crippen LogP contribution in [0.25, 0.3) is 0 Å². The van der Waals surface area contributed by atoms with E-state index in [1.54, 1.807) is 24.3 Å². The zero-order valence-electron chi connectivity index (χ0n) is 7.87. The van der Waals surface area contributed by atoms with E-state index in [2.05, 4.69) is 35.0 Å². The Morgan fingerprint density at radius 1 is 1.47 bits per heavy atom. The standard InChI is InChI=1S/C10H11NO2S2/c12-9(5-14)10(13)7-2-1-3-8(4-7)11-6-15/h1-4,9-10,12-14H,5H2. The molecule has 0 aliphatic carbocycles. The number of thiol groups is 1. The van der Waals surface area contributed by atoms with Crippen LogP contribution in [0.4, 0.5) is 5.69 Å². The monoisotopic (exact) mass is 241 g/mol. The molecule has 0 saturated heterocycles. The van der Waals surface area contributed by atoms with Crippen molar-refractivity contribution in [2.45, 2.75) is 12.2 Å². The van der Waals surface area contributed by atoms with E-state index in [9.17, 15) is 10.2 Å². The first-order valence-electron chi connectivity index (χ1n) is 4.34. The number of nitrogens with zero attached hydrogens (tertiary/aromatic N) is 1. The van der Waals surface area contributed by atoms with Crippen LogP contribution in [0.1, 0.15) is 11.7 Å². The number of benzene rings is 1. The Morgan fingerprint density at radius 2 is 2.20 bits per heavy atom. The van der Waals surface area contributed by atoms with Crippen molar-refractivity contribution < 1.29 is 10.2 Å². The van der Waals surface area contributed by atoms with Crippen LogP contribution in [0.2, 0.25) is 0 Å². The van der Waals surface area contributed by atoms with Crippen LogP contribution in [0, 0.1) is 0 Å². The Hall–Kier alpha value is -0.710. The van der Waals surface area contributed by atoms with Crippen molar-refractivity contribution in [2.24, 2.45) is 4.99 Å². The van der Waals surface area contributed by atoms with Gasteiger partial charge in [0.1, 0.15) is 6.10 Å². The number of aliphatic hydroxyl groups is 2. The number of hydrogen-bond donors (Lipinski definition) is 3. The molecule has 0 radical (unpaired) electrons. The fourth-order valence-electron chi connectivity index (χ4n) is 1.15. The Morgan fingerprint density at radius 3 is 2.80 bits per heavy atom. The third kappa shape index (κ3) is 3.41. The summed E-state index contributed by atoms with van der Waals surface area (Å²) in [7, 11) is 0. The Bertz CT molecular complexity index is 377. The number of aliphatic hydroxyl groups excluding tert-OH is 2. The molecule has 0 amide bonds. The average molecular weight is 241 g/mol. The van der Waals surface area contributed by atoms with Crippen LogP contribution in [-0.2, 0) is 0 Å². The molecular formula is C10H11NO2S2. The van der Waals surface area contributed by atoms with Gasteiger partial charge >= 0.3 is 0 Å². The number of rotatable bonds is 4. The molecule has 2 unspecified atom stereocenters. The van der Waals surface area contributed by atoms with Gasteiger partial charge in [0.15, 0.2) is 0 Å². The average Bonchev–Trinajstić information content (AvgIpc) is 2.28. The summed E-state index contributed by atoms with van der Waals surface area (Å²) in [6.07, 6.45) is -1.84. The Labute approximate surface area is 98.9 Å². The summed E-state index contributed by atoms with van der Waals surface area (Å²) in [6.45, 7) is 0. The largest absolute Gasteiger partial charge is 0.389 e. The quantitative estimate of drug-likeness (QED) is 0.427. The summed E-state index contributed by atoms with van der Waals surface area (Å²) in [4.78, 5) is 3.79. The normalized spacial score (nSPS) is 14.1. The second-order valence-electron chi connectivity index (χ2n) is 2.99. The van der Waals surface area contributed by atoms with Crippen molar-refractivity contribution in [3.8, 4) is 0 Å². The molecule has 15 heavy (non-hydrogen) atoms. The molecule has 0 fully saturated rings. The molecule has 0 spiro atoms. The maximum absolute atomic E-state index is 9.69. The van der Waals surface area contributed by atoms with Gasteiger partial charge in [0, 0.05) is 5.75 Å². The van der Waals surface area contributed by atoms with Crippen molar-refractivity contribution in [3.05, 3.63) is 29.8 Å². The highest BCUT2D eigenvalue weighted by Crippen LogP contribution is 2.22. The maximum Gasteiger partial charge on any atom is 0.106 e. The first kappa shape index (κ1) is 12.4. The lowest BCUT2D eigenvalue weighted by molar-refractivity contribution is 0.0338.